The molecule has 0 spiro atoms. The maximum atomic E-state index is 12.0. The molecule has 2 rings (SSSR count). The third-order valence-electron chi connectivity index (χ3n) is 4.07. The lowest BCUT2D eigenvalue weighted by atomic mass is 9.86. The van der Waals surface area contributed by atoms with Gasteiger partial charge in [0.1, 0.15) is 0 Å². The number of hydrogen-bond donors (Lipinski definition) is 3. The molecule has 0 aliphatic carbocycles. The van der Waals surface area contributed by atoms with Gasteiger partial charge < -0.3 is 15.5 Å². The van der Waals surface area contributed by atoms with E-state index in [1.807, 2.05) is 24.3 Å². The van der Waals surface area contributed by atoms with Crippen LogP contribution in [-0.4, -0.2) is 22.7 Å². The molecule has 0 bridgehead atoms. The van der Waals surface area contributed by atoms with Crippen LogP contribution >= 0.6 is 11.6 Å². The Balaban J connectivity index is 1.93. The van der Waals surface area contributed by atoms with Crippen molar-refractivity contribution in [3.63, 3.8) is 0 Å². The molecule has 25 heavy (non-hydrogen) atoms. The van der Waals surface area contributed by atoms with Crippen molar-refractivity contribution in [2.24, 2.45) is 0 Å². The Morgan fingerprint density at radius 2 is 1.52 bits per heavy atom. The van der Waals surface area contributed by atoms with Crippen LogP contribution in [0.25, 0.3) is 0 Å². The minimum atomic E-state index is -1.30. The van der Waals surface area contributed by atoms with Crippen molar-refractivity contribution >= 4 is 17.5 Å². The number of hydrogen-bond acceptors (Lipinski definition) is 3. The molecule has 2 atom stereocenters. The van der Waals surface area contributed by atoms with Gasteiger partial charge in [-0.05, 0) is 34.2 Å². The molecule has 3 N–H and O–H groups in total. The van der Waals surface area contributed by atoms with E-state index in [1.165, 1.54) is 5.56 Å². The van der Waals surface area contributed by atoms with Crippen molar-refractivity contribution in [3.05, 3.63) is 70.2 Å². The fourth-order valence-electron chi connectivity index (χ4n) is 2.41. The normalized spacial score (nSPS) is 14.0. The highest BCUT2D eigenvalue weighted by Crippen LogP contribution is 2.24. The summed E-state index contributed by atoms with van der Waals surface area (Å²) >= 11 is 5.79. The molecule has 1 amide bonds. The van der Waals surface area contributed by atoms with Gasteiger partial charge in [-0.15, -0.1) is 0 Å². The Bertz CT molecular complexity index is 705. The van der Waals surface area contributed by atoms with E-state index >= 15 is 0 Å². The summed E-state index contributed by atoms with van der Waals surface area (Å²) < 4.78 is 0. The maximum absolute atomic E-state index is 12.0. The zero-order chi connectivity index (χ0) is 18.6. The first kappa shape index (κ1) is 19.4. The van der Waals surface area contributed by atoms with Gasteiger partial charge in [-0.2, -0.15) is 0 Å². The molecule has 134 valence electrons. The minimum absolute atomic E-state index is 0.0261. The Hall–Kier alpha value is -1.88. The highest BCUT2D eigenvalue weighted by Gasteiger charge is 2.19. The number of carbonyl (C=O) groups is 1. The number of aliphatic hydroxyl groups excluding tert-OH is 2. The molecule has 2 unspecified atom stereocenters. The van der Waals surface area contributed by atoms with Crippen LogP contribution in [0.2, 0.25) is 5.02 Å². The maximum Gasteiger partial charge on any atom is 0.253 e. The average Bonchev–Trinajstić information content (AvgIpc) is 2.58. The highest BCUT2D eigenvalue weighted by molar-refractivity contribution is 6.30. The van der Waals surface area contributed by atoms with Gasteiger partial charge in [0, 0.05) is 11.6 Å². The Labute approximate surface area is 153 Å². The summed E-state index contributed by atoms with van der Waals surface area (Å²) in [5.41, 5.74) is 2.38. The Morgan fingerprint density at radius 1 is 1.00 bits per heavy atom. The number of rotatable bonds is 5. The van der Waals surface area contributed by atoms with Gasteiger partial charge in [0.05, 0.1) is 6.10 Å². The zero-order valence-corrected chi connectivity index (χ0v) is 15.4. The fraction of sp³-hybridized carbons (Fsp3) is 0.350. The number of halogens is 1. The molecule has 0 radical (unpaired) electrons. The molecule has 0 aliphatic heterocycles. The van der Waals surface area contributed by atoms with Gasteiger partial charge in [0.2, 0.25) is 0 Å². The Morgan fingerprint density at radius 3 is 2.04 bits per heavy atom. The predicted molar refractivity (Wildman–Crippen MR) is 99.5 cm³/mol. The van der Waals surface area contributed by atoms with Gasteiger partial charge in [0.15, 0.2) is 6.10 Å². The van der Waals surface area contributed by atoms with Crippen molar-refractivity contribution in [1.82, 2.24) is 5.32 Å². The quantitative estimate of drug-likeness (QED) is 0.763. The second kappa shape index (κ2) is 8.00. The van der Waals surface area contributed by atoms with Crippen molar-refractivity contribution < 1.29 is 15.0 Å². The van der Waals surface area contributed by atoms with Crippen molar-refractivity contribution in [2.45, 2.75) is 38.4 Å². The lowest BCUT2D eigenvalue weighted by Crippen LogP contribution is -2.32. The molecule has 5 heteroatoms. The van der Waals surface area contributed by atoms with Crippen LogP contribution < -0.4 is 5.32 Å². The standard InChI is InChI=1S/C20H24ClNO3/c1-20(2,3)15-8-4-13(5-9-15)17(23)12-22-19(25)18(24)14-6-10-16(21)11-7-14/h4-11,17-18,23-24H,12H2,1-3H3,(H,22,25). The summed E-state index contributed by atoms with van der Waals surface area (Å²) in [5.74, 6) is -0.562. The summed E-state index contributed by atoms with van der Waals surface area (Å²) in [7, 11) is 0. The summed E-state index contributed by atoms with van der Waals surface area (Å²) in [6.45, 7) is 6.39. The third-order valence-corrected chi connectivity index (χ3v) is 4.32. The van der Waals surface area contributed by atoms with Crippen LogP contribution in [0.1, 0.15) is 49.7 Å². The number of carbonyl (C=O) groups excluding carboxylic acids is 1. The molecule has 0 fully saturated rings. The first-order valence-corrected chi connectivity index (χ1v) is 8.56. The first-order chi connectivity index (χ1) is 11.7. The van der Waals surface area contributed by atoms with Crippen LogP contribution in [0.15, 0.2) is 48.5 Å². The number of aliphatic hydroxyl groups is 2. The second-order valence-electron chi connectivity index (χ2n) is 7.09. The van der Waals surface area contributed by atoms with E-state index in [4.69, 9.17) is 11.6 Å². The largest absolute Gasteiger partial charge is 0.387 e. The minimum Gasteiger partial charge on any atom is -0.387 e. The summed E-state index contributed by atoms with van der Waals surface area (Å²) in [6, 6.07) is 14.1. The Kier molecular flexibility index (Phi) is 6.22. The fourth-order valence-corrected chi connectivity index (χ4v) is 2.54. The molecule has 0 heterocycles. The summed E-state index contributed by atoms with van der Waals surface area (Å²) in [4.78, 5) is 12.0. The molecular weight excluding hydrogens is 338 g/mol. The van der Waals surface area contributed by atoms with E-state index in [0.717, 1.165) is 0 Å². The topological polar surface area (TPSA) is 69.6 Å². The van der Waals surface area contributed by atoms with Crippen LogP contribution in [0.3, 0.4) is 0 Å². The number of amides is 1. The van der Waals surface area contributed by atoms with Gasteiger partial charge in [0.25, 0.3) is 5.91 Å². The molecule has 2 aromatic rings. The SMILES string of the molecule is CC(C)(C)c1ccc(C(O)CNC(=O)C(O)c2ccc(Cl)cc2)cc1. The van der Waals surface area contributed by atoms with Crippen LogP contribution in [0, 0.1) is 0 Å². The van der Waals surface area contributed by atoms with Crippen LogP contribution in [-0.2, 0) is 10.2 Å². The predicted octanol–water partition coefficient (Wildman–Crippen LogP) is 3.52. The monoisotopic (exact) mass is 361 g/mol. The molecule has 0 saturated heterocycles. The van der Waals surface area contributed by atoms with Crippen molar-refractivity contribution in [1.29, 1.82) is 0 Å². The van der Waals surface area contributed by atoms with E-state index in [-0.39, 0.29) is 12.0 Å². The molecule has 0 aliphatic rings. The molecule has 0 aromatic heterocycles. The third kappa shape index (κ3) is 5.30. The molecule has 4 nitrogen and oxygen atoms in total. The molecule has 2 aromatic carbocycles. The van der Waals surface area contributed by atoms with Gasteiger partial charge >= 0.3 is 0 Å². The first-order valence-electron chi connectivity index (χ1n) is 8.18. The lowest BCUT2D eigenvalue weighted by molar-refractivity contribution is -0.130. The van der Waals surface area contributed by atoms with Gasteiger partial charge in [-0.1, -0.05) is 68.8 Å². The molecular formula is C20H24ClNO3. The number of benzene rings is 2. The van der Waals surface area contributed by atoms with E-state index in [2.05, 4.69) is 26.1 Å². The van der Waals surface area contributed by atoms with Crippen molar-refractivity contribution in [3.8, 4) is 0 Å². The van der Waals surface area contributed by atoms with Crippen molar-refractivity contribution in [2.75, 3.05) is 6.54 Å². The highest BCUT2D eigenvalue weighted by atomic mass is 35.5. The summed E-state index contributed by atoms with van der Waals surface area (Å²) in [5, 5.41) is 23.4. The van der Waals surface area contributed by atoms with E-state index in [0.29, 0.717) is 16.1 Å². The zero-order valence-electron chi connectivity index (χ0n) is 14.7. The van der Waals surface area contributed by atoms with E-state index < -0.39 is 18.1 Å². The smallest absolute Gasteiger partial charge is 0.253 e. The van der Waals surface area contributed by atoms with E-state index in [9.17, 15) is 15.0 Å². The van der Waals surface area contributed by atoms with Gasteiger partial charge in [-0.3, -0.25) is 4.79 Å². The molecule has 0 saturated carbocycles. The summed E-state index contributed by atoms with van der Waals surface area (Å²) in [6.07, 6.45) is -2.14. The van der Waals surface area contributed by atoms with Gasteiger partial charge in [-0.25, -0.2) is 0 Å². The lowest BCUT2D eigenvalue weighted by Gasteiger charge is -2.20. The number of nitrogens with one attached hydrogen (secondary N) is 1. The van der Waals surface area contributed by atoms with E-state index in [1.54, 1.807) is 24.3 Å². The second-order valence-corrected chi connectivity index (χ2v) is 7.52. The average molecular weight is 362 g/mol. The van der Waals surface area contributed by atoms with Crippen LogP contribution in [0.5, 0.6) is 0 Å². The van der Waals surface area contributed by atoms with Crippen LogP contribution in [0.4, 0.5) is 0 Å².